The molecule has 0 unspecified atom stereocenters. The Morgan fingerprint density at radius 2 is 1.58 bits per heavy atom. The molecule has 4 bridgehead atoms. The molecule has 3 heteroatoms. The van der Waals surface area contributed by atoms with Gasteiger partial charge in [0.2, 0.25) is 0 Å². The highest BCUT2D eigenvalue weighted by molar-refractivity contribution is 5.84. The van der Waals surface area contributed by atoms with Crippen LogP contribution in [0, 0.1) is 17.8 Å². The van der Waals surface area contributed by atoms with Gasteiger partial charge in [-0.1, -0.05) is 24.3 Å². The third-order valence-corrected chi connectivity index (χ3v) is 6.85. The van der Waals surface area contributed by atoms with Gasteiger partial charge in [-0.15, -0.1) is 0 Å². The van der Waals surface area contributed by atoms with Crippen molar-refractivity contribution in [3.8, 4) is 5.75 Å². The monoisotopic (exact) mass is 346 g/mol. The van der Waals surface area contributed by atoms with Crippen LogP contribution < -0.4 is 5.43 Å². The largest absolute Gasteiger partial charge is 0.507 e. The molecule has 4 aliphatic carbocycles. The van der Waals surface area contributed by atoms with Crippen LogP contribution in [0.2, 0.25) is 0 Å². The van der Waals surface area contributed by atoms with Crippen molar-refractivity contribution in [2.24, 2.45) is 22.9 Å². The van der Waals surface area contributed by atoms with E-state index in [4.69, 9.17) is 0 Å². The number of nitrogens with one attached hydrogen (secondary N) is 1. The van der Waals surface area contributed by atoms with Gasteiger partial charge in [0.25, 0.3) is 0 Å². The highest BCUT2D eigenvalue weighted by Gasteiger charge is 2.51. The number of benzene rings is 2. The Morgan fingerprint density at radius 3 is 2.23 bits per heavy atom. The second kappa shape index (κ2) is 6.15. The van der Waals surface area contributed by atoms with Crippen LogP contribution in [0.1, 0.15) is 49.7 Å². The van der Waals surface area contributed by atoms with Crippen LogP contribution in [0.5, 0.6) is 5.75 Å². The molecule has 2 aromatic rings. The third kappa shape index (κ3) is 2.80. The lowest BCUT2D eigenvalue weighted by Gasteiger charge is -2.57. The average molecular weight is 346 g/mol. The lowest BCUT2D eigenvalue weighted by molar-refractivity contribution is -0.00520. The Morgan fingerprint density at radius 1 is 0.923 bits per heavy atom. The Hall–Kier alpha value is -2.29. The molecule has 4 saturated carbocycles. The molecule has 3 nitrogen and oxygen atoms in total. The molecule has 0 aliphatic heterocycles. The van der Waals surface area contributed by atoms with Crippen molar-refractivity contribution in [3.63, 3.8) is 0 Å². The Kier molecular flexibility index (Phi) is 3.77. The van der Waals surface area contributed by atoms with Gasteiger partial charge in [-0.25, -0.2) is 0 Å². The Bertz CT molecular complexity index is 792. The van der Waals surface area contributed by atoms with Crippen molar-refractivity contribution < 1.29 is 5.11 Å². The van der Waals surface area contributed by atoms with Gasteiger partial charge in [0.15, 0.2) is 0 Å². The molecule has 0 saturated heterocycles. The zero-order chi connectivity index (χ0) is 17.6. The van der Waals surface area contributed by atoms with E-state index >= 15 is 0 Å². The summed E-state index contributed by atoms with van der Waals surface area (Å²) in [7, 11) is 0. The van der Waals surface area contributed by atoms with Gasteiger partial charge in [-0.2, -0.15) is 5.10 Å². The molecule has 0 heterocycles. The van der Waals surface area contributed by atoms with E-state index in [1.807, 2.05) is 36.4 Å². The molecular formula is C23H26N2O. The van der Waals surface area contributed by atoms with Crippen LogP contribution >= 0.6 is 0 Å². The number of nitrogens with zero attached hydrogens (tertiary/aromatic N) is 1. The number of hydrogen-bond donors (Lipinski definition) is 2. The molecule has 26 heavy (non-hydrogen) atoms. The average Bonchev–Trinajstić information content (AvgIpc) is 2.63. The fourth-order valence-corrected chi connectivity index (χ4v) is 6.14. The van der Waals surface area contributed by atoms with Gasteiger partial charge in [0, 0.05) is 5.56 Å². The molecule has 0 amide bonds. The zero-order valence-electron chi connectivity index (χ0n) is 15.1. The van der Waals surface area contributed by atoms with Crippen molar-refractivity contribution in [1.29, 1.82) is 0 Å². The topological polar surface area (TPSA) is 44.6 Å². The summed E-state index contributed by atoms with van der Waals surface area (Å²) in [6.45, 7) is 0. The minimum absolute atomic E-state index is 0.303. The van der Waals surface area contributed by atoms with E-state index in [0.717, 1.165) is 29.0 Å². The maximum absolute atomic E-state index is 10.3. The number of hydrazone groups is 1. The predicted octanol–water partition coefficient (Wildman–Crippen LogP) is 5.31. The van der Waals surface area contributed by atoms with Gasteiger partial charge < -0.3 is 5.11 Å². The molecule has 2 N–H and O–H groups in total. The number of aromatic hydroxyl groups is 1. The van der Waals surface area contributed by atoms with Crippen molar-refractivity contribution in [2.45, 2.75) is 43.9 Å². The maximum Gasteiger partial charge on any atom is 0.124 e. The molecule has 6 rings (SSSR count). The lowest BCUT2D eigenvalue weighted by atomic mass is 9.48. The van der Waals surface area contributed by atoms with E-state index in [2.05, 4.69) is 22.7 Å². The minimum Gasteiger partial charge on any atom is -0.507 e. The van der Waals surface area contributed by atoms with Gasteiger partial charge in [-0.3, -0.25) is 5.43 Å². The van der Waals surface area contributed by atoms with Crippen molar-refractivity contribution >= 4 is 11.9 Å². The summed E-state index contributed by atoms with van der Waals surface area (Å²) in [6.07, 6.45) is 10.1. The zero-order valence-corrected chi connectivity index (χ0v) is 15.1. The van der Waals surface area contributed by atoms with E-state index in [-0.39, 0.29) is 0 Å². The summed E-state index contributed by atoms with van der Waals surface area (Å²) in [5, 5.41) is 14.6. The van der Waals surface area contributed by atoms with Crippen molar-refractivity contribution in [1.82, 2.24) is 0 Å². The quantitative estimate of drug-likeness (QED) is 0.582. The van der Waals surface area contributed by atoms with Crippen LogP contribution in [-0.2, 0) is 5.41 Å². The highest BCUT2D eigenvalue weighted by atomic mass is 16.3. The molecular weight excluding hydrogens is 320 g/mol. The minimum atomic E-state index is 0.303. The summed E-state index contributed by atoms with van der Waals surface area (Å²) in [5.41, 5.74) is 6.54. The van der Waals surface area contributed by atoms with E-state index in [1.165, 1.54) is 44.1 Å². The Labute approximate surface area is 155 Å². The molecule has 2 aromatic carbocycles. The Balaban J connectivity index is 1.40. The van der Waals surface area contributed by atoms with Crippen LogP contribution in [0.4, 0.5) is 5.69 Å². The molecule has 4 aliphatic rings. The number of phenols is 1. The maximum atomic E-state index is 10.3. The van der Waals surface area contributed by atoms with Gasteiger partial charge in [-0.05, 0) is 91.5 Å². The first-order chi connectivity index (χ1) is 12.7. The first-order valence-corrected chi connectivity index (χ1v) is 9.88. The number of rotatable bonds is 4. The number of hydrogen-bond acceptors (Lipinski definition) is 3. The fourth-order valence-electron chi connectivity index (χ4n) is 6.14. The summed E-state index contributed by atoms with van der Waals surface area (Å²) >= 11 is 0. The van der Waals surface area contributed by atoms with E-state index in [1.54, 1.807) is 6.21 Å². The predicted molar refractivity (Wildman–Crippen MR) is 106 cm³/mol. The molecule has 0 atom stereocenters. The summed E-state index contributed by atoms with van der Waals surface area (Å²) < 4.78 is 0. The summed E-state index contributed by atoms with van der Waals surface area (Å²) in [6, 6.07) is 16.1. The molecule has 4 fully saturated rings. The second-order valence-electron chi connectivity index (χ2n) is 8.71. The smallest absolute Gasteiger partial charge is 0.124 e. The lowest BCUT2D eigenvalue weighted by Crippen LogP contribution is -2.48. The van der Waals surface area contributed by atoms with Crippen LogP contribution in [0.15, 0.2) is 53.6 Å². The van der Waals surface area contributed by atoms with Crippen LogP contribution in [-0.4, -0.2) is 11.3 Å². The van der Waals surface area contributed by atoms with E-state index in [9.17, 15) is 5.11 Å². The van der Waals surface area contributed by atoms with E-state index < -0.39 is 0 Å². The van der Waals surface area contributed by atoms with E-state index in [0.29, 0.717) is 11.2 Å². The van der Waals surface area contributed by atoms with Crippen molar-refractivity contribution in [3.05, 3.63) is 59.7 Å². The fraction of sp³-hybridized carbons (Fsp3) is 0.435. The van der Waals surface area contributed by atoms with Gasteiger partial charge in [0.1, 0.15) is 5.75 Å². The van der Waals surface area contributed by atoms with Crippen LogP contribution in [0.25, 0.3) is 0 Å². The molecule has 0 aromatic heterocycles. The number of para-hydroxylation sites is 1. The highest BCUT2D eigenvalue weighted by Crippen LogP contribution is 2.60. The van der Waals surface area contributed by atoms with Crippen LogP contribution in [0.3, 0.4) is 0 Å². The number of anilines is 1. The number of phenolic OH excluding ortho intramolecular Hbond substituents is 1. The summed E-state index contributed by atoms with van der Waals surface area (Å²) in [4.78, 5) is 0. The molecule has 134 valence electrons. The third-order valence-electron chi connectivity index (χ3n) is 6.85. The first kappa shape index (κ1) is 15.9. The summed E-state index contributed by atoms with van der Waals surface area (Å²) in [5.74, 6) is 3.07. The molecule has 0 spiro atoms. The van der Waals surface area contributed by atoms with Gasteiger partial charge >= 0.3 is 0 Å². The van der Waals surface area contributed by atoms with Crippen molar-refractivity contribution in [2.75, 3.05) is 5.43 Å². The normalized spacial score (nSPS) is 32.2. The van der Waals surface area contributed by atoms with Gasteiger partial charge in [0.05, 0.1) is 11.9 Å². The SMILES string of the molecule is Oc1ccc(C23CC4CC(CC(C4)C2)C3)cc1/C=N/Nc1ccccc1. The first-order valence-electron chi connectivity index (χ1n) is 9.88. The second-order valence-corrected chi connectivity index (χ2v) is 8.71. The molecule has 0 radical (unpaired) electrons. The standard InChI is InChI=1S/C23H26N2O/c26-22-7-6-20(11-19(22)15-24-25-21-4-2-1-3-5-21)23-12-16-8-17(13-23)10-18(9-16)14-23/h1-7,11,15-18,25-26H,8-10,12-14H2/b24-15+.